The summed E-state index contributed by atoms with van der Waals surface area (Å²) < 4.78 is 5.22. The van der Waals surface area contributed by atoms with Crippen molar-refractivity contribution in [2.75, 3.05) is 27.3 Å². The normalized spacial score (nSPS) is 13.4. The summed E-state index contributed by atoms with van der Waals surface area (Å²) in [5.74, 6) is 0.705. The maximum absolute atomic E-state index is 5.22. The van der Waals surface area contributed by atoms with Gasteiger partial charge in [0, 0.05) is 36.0 Å². The van der Waals surface area contributed by atoms with E-state index >= 15 is 0 Å². The second-order valence-corrected chi connectivity index (χ2v) is 7.38. The molecule has 0 aliphatic carbocycles. The molecule has 0 fully saturated rings. The highest BCUT2D eigenvalue weighted by Crippen LogP contribution is 2.23. The lowest BCUT2D eigenvalue weighted by Gasteiger charge is -2.23. The van der Waals surface area contributed by atoms with Crippen molar-refractivity contribution in [3.05, 3.63) is 21.4 Å². The number of aryl methyl sites for hydroxylation is 1. The van der Waals surface area contributed by atoms with Gasteiger partial charge >= 0.3 is 0 Å². The molecular weight excluding hydrogens is 268 g/mol. The zero-order chi connectivity index (χ0) is 15.1. The van der Waals surface area contributed by atoms with Crippen LogP contribution in [0.25, 0.3) is 0 Å². The number of rotatable bonds is 9. The Bertz CT molecular complexity index is 390. The van der Waals surface area contributed by atoms with Crippen molar-refractivity contribution in [2.24, 2.45) is 5.92 Å². The first-order valence-corrected chi connectivity index (χ1v) is 8.23. The predicted molar refractivity (Wildman–Crippen MR) is 88.4 cm³/mol. The molecule has 1 rings (SSSR count). The maximum atomic E-state index is 5.22. The summed E-state index contributed by atoms with van der Waals surface area (Å²) in [6.45, 7) is 12.8. The molecule has 0 bridgehead atoms. The number of hydrogen-bond donors (Lipinski definition) is 1. The fourth-order valence-corrected chi connectivity index (χ4v) is 3.13. The van der Waals surface area contributed by atoms with Gasteiger partial charge in [0.15, 0.2) is 0 Å². The van der Waals surface area contributed by atoms with E-state index in [9.17, 15) is 0 Å². The van der Waals surface area contributed by atoms with Crippen LogP contribution >= 0.6 is 11.3 Å². The summed E-state index contributed by atoms with van der Waals surface area (Å²) in [5.41, 5.74) is 1.45. The van der Waals surface area contributed by atoms with Gasteiger partial charge in [0.25, 0.3) is 0 Å². The molecule has 0 aliphatic heterocycles. The first-order chi connectivity index (χ1) is 9.43. The summed E-state index contributed by atoms with van der Waals surface area (Å²) in [7, 11) is 3.93. The molecule has 1 heterocycles. The summed E-state index contributed by atoms with van der Waals surface area (Å²) in [5, 5.41) is 3.51. The van der Waals surface area contributed by atoms with Crippen LogP contribution in [0.2, 0.25) is 0 Å². The average Bonchev–Trinajstić information content (AvgIpc) is 2.69. The van der Waals surface area contributed by atoms with Crippen LogP contribution in [0.5, 0.6) is 0 Å². The summed E-state index contributed by atoms with van der Waals surface area (Å²) in [4.78, 5) is 5.22. The van der Waals surface area contributed by atoms with Crippen LogP contribution in [0, 0.1) is 12.8 Å². The fourth-order valence-electron chi connectivity index (χ4n) is 2.11. The van der Waals surface area contributed by atoms with Crippen LogP contribution in [-0.2, 0) is 17.8 Å². The van der Waals surface area contributed by atoms with Gasteiger partial charge in [-0.05, 0) is 45.0 Å². The monoisotopic (exact) mass is 298 g/mol. The zero-order valence-corrected chi connectivity index (χ0v) is 14.6. The van der Waals surface area contributed by atoms with Gasteiger partial charge in [-0.25, -0.2) is 0 Å². The third-order valence-corrected chi connectivity index (χ3v) is 4.60. The molecule has 20 heavy (non-hydrogen) atoms. The number of hydrogen-bond acceptors (Lipinski definition) is 4. The molecule has 1 aromatic heterocycles. The highest BCUT2D eigenvalue weighted by Gasteiger charge is 2.12. The van der Waals surface area contributed by atoms with Crippen LogP contribution in [0.3, 0.4) is 0 Å². The minimum Gasteiger partial charge on any atom is -0.383 e. The Labute approximate surface area is 128 Å². The van der Waals surface area contributed by atoms with Gasteiger partial charge in [0.05, 0.1) is 6.61 Å². The minimum absolute atomic E-state index is 0.446. The van der Waals surface area contributed by atoms with Crippen molar-refractivity contribution in [1.82, 2.24) is 10.2 Å². The van der Waals surface area contributed by atoms with E-state index in [0.29, 0.717) is 12.0 Å². The van der Waals surface area contributed by atoms with Crippen LogP contribution in [0.15, 0.2) is 6.07 Å². The average molecular weight is 298 g/mol. The van der Waals surface area contributed by atoms with E-state index in [4.69, 9.17) is 4.74 Å². The van der Waals surface area contributed by atoms with E-state index in [1.807, 2.05) is 11.3 Å². The molecule has 0 spiro atoms. The Balaban J connectivity index is 2.52. The molecule has 0 amide bonds. The molecule has 116 valence electrons. The Morgan fingerprint density at radius 1 is 1.35 bits per heavy atom. The third-order valence-electron chi connectivity index (χ3n) is 3.50. The van der Waals surface area contributed by atoms with Gasteiger partial charge < -0.3 is 10.1 Å². The standard InChI is InChI=1S/C16H30N2OS/c1-12(2)8-17-9-16-7-15(14(4)20-16)10-18(5)13(3)11-19-6/h7,12-13,17H,8-11H2,1-6H3. The summed E-state index contributed by atoms with van der Waals surface area (Å²) in [6, 6.07) is 2.80. The lowest BCUT2D eigenvalue weighted by molar-refractivity contribution is 0.112. The zero-order valence-electron chi connectivity index (χ0n) is 13.8. The third kappa shape index (κ3) is 5.92. The highest BCUT2D eigenvalue weighted by molar-refractivity contribution is 7.12. The van der Waals surface area contributed by atoms with Crippen LogP contribution in [0.1, 0.15) is 36.1 Å². The van der Waals surface area contributed by atoms with Crippen molar-refractivity contribution in [3.63, 3.8) is 0 Å². The number of likely N-dealkylation sites (N-methyl/N-ethyl adjacent to an activating group) is 1. The lowest BCUT2D eigenvalue weighted by atomic mass is 10.2. The largest absolute Gasteiger partial charge is 0.383 e. The number of ether oxygens (including phenoxy) is 1. The number of thiophene rings is 1. The van der Waals surface area contributed by atoms with Gasteiger partial charge in [-0.1, -0.05) is 13.8 Å². The predicted octanol–water partition coefficient (Wildman–Crippen LogP) is 3.27. The van der Waals surface area contributed by atoms with E-state index in [1.165, 1.54) is 15.3 Å². The highest BCUT2D eigenvalue weighted by atomic mass is 32.1. The molecule has 3 nitrogen and oxygen atoms in total. The molecule has 1 unspecified atom stereocenters. The van der Waals surface area contributed by atoms with Crippen molar-refractivity contribution in [1.29, 1.82) is 0 Å². The quantitative estimate of drug-likeness (QED) is 0.757. The van der Waals surface area contributed by atoms with Crippen LogP contribution in [0.4, 0.5) is 0 Å². The molecule has 4 heteroatoms. The first kappa shape index (κ1) is 17.6. The van der Waals surface area contributed by atoms with Crippen molar-refractivity contribution >= 4 is 11.3 Å². The Hall–Kier alpha value is -0.420. The second-order valence-electron chi connectivity index (χ2n) is 6.04. The van der Waals surface area contributed by atoms with Gasteiger partial charge in [0.1, 0.15) is 0 Å². The van der Waals surface area contributed by atoms with E-state index in [1.54, 1.807) is 7.11 Å². The summed E-state index contributed by atoms with van der Waals surface area (Å²) in [6.07, 6.45) is 0. The molecular formula is C16H30N2OS. The first-order valence-electron chi connectivity index (χ1n) is 7.42. The maximum Gasteiger partial charge on any atom is 0.0615 e. The molecule has 0 radical (unpaired) electrons. The van der Waals surface area contributed by atoms with Gasteiger partial charge in [-0.15, -0.1) is 11.3 Å². The Kier molecular flexibility index (Phi) is 7.74. The number of nitrogens with one attached hydrogen (secondary N) is 1. The molecule has 0 saturated carbocycles. The van der Waals surface area contributed by atoms with E-state index in [2.05, 4.69) is 51.0 Å². The Morgan fingerprint density at radius 2 is 2.05 bits per heavy atom. The van der Waals surface area contributed by atoms with Gasteiger partial charge in [-0.3, -0.25) is 4.90 Å². The van der Waals surface area contributed by atoms with E-state index in [0.717, 1.165) is 26.2 Å². The van der Waals surface area contributed by atoms with E-state index in [-0.39, 0.29) is 0 Å². The smallest absolute Gasteiger partial charge is 0.0615 e. The molecule has 0 saturated heterocycles. The van der Waals surface area contributed by atoms with Gasteiger partial charge in [-0.2, -0.15) is 0 Å². The van der Waals surface area contributed by atoms with Crippen molar-refractivity contribution in [3.8, 4) is 0 Å². The SMILES string of the molecule is COCC(C)N(C)Cc1cc(CNCC(C)C)sc1C. The molecule has 1 aromatic rings. The van der Waals surface area contributed by atoms with Crippen LogP contribution < -0.4 is 5.32 Å². The number of methoxy groups -OCH3 is 1. The number of nitrogens with zero attached hydrogens (tertiary/aromatic N) is 1. The van der Waals surface area contributed by atoms with Crippen molar-refractivity contribution in [2.45, 2.75) is 46.8 Å². The second kappa shape index (κ2) is 8.78. The van der Waals surface area contributed by atoms with Crippen LogP contribution in [-0.4, -0.2) is 38.3 Å². The van der Waals surface area contributed by atoms with Crippen molar-refractivity contribution < 1.29 is 4.74 Å². The molecule has 0 aromatic carbocycles. The molecule has 1 N–H and O–H groups in total. The minimum atomic E-state index is 0.446. The van der Waals surface area contributed by atoms with Gasteiger partial charge in [0.2, 0.25) is 0 Å². The fraction of sp³-hybridized carbons (Fsp3) is 0.750. The Morgan fingerprint density at radius 3 is 2.65 bits per heavy atom. The molecule has 0 aliphatic rings. The topological polar surface area (TPSA) is 24.5 Å². The molecule has 1 atom stereocenters. The lowest BCUT2D eigenvalue weighted by Crippen LogP contribution is -2.32. The summed E-state index contributed by atoms with van der Waals surface area (Å²) >= 11 is 1.91. The van der Waals surface area contributed by atoms with E-state index < -0.39 is 0 Å².